The Morgan fingerprint density at radius 1 is 0.793 bits per heavy atom. The summed E-state index contributed by atoms with van der Waals surface area (Å²) in [5.41, 5.74) is 3.44. The topological polar surface area (TPSA) is 38.8 Å². The number of piperidine rings is 1. The van der Waals surface area contributed by atoms with E-state index in [0.29, 0.717) is 26.3 Å². The minimum absolute atomic E-state index is 0.0901. The second-order valence-electron chi connectivity index (χ2n) is 6.91. The van der Waals surface area contributed by atoms with E-state index >= 15 is 0 Å². The molecule has 0 amide bonds. The zero-order chi connectivity index (χ0) is 20.6. The molecule has 0 saturated carbocycles. The number of likely N-dealkylation sites (tertiary alicyclic amines) is 1. The molecule has 0 bridgehead atoms. The van der Waals surface area contributed by atoms with Crippen LogP contribution >= 0.6 is 0 Å². The summed E-state index contributed by atoms with van der Waals surface area (Å²) >= 11 is 0. The maximum atomic E-state index is 13.3. The monoisotopic (exact) mass is 391 g/mol. The standard InChI is InChI=1S/C25H29NO3/c1-4-26-17-21(15-19-11-7-9-13-23(19)28-5-2)25(27)22(18-26)16-20-12-8-10-14-24(20)29-6-3/h7-16H,4-6,17-18H2,1-3H3. The molecular formula is C25H29NO3. The highest BCUT2D eigenvalue weighted by Crippen LogP contribution is 2.28. The molecule has 1 saturated heterocycles. The number of para-hydroxylation sites is 2. The third-order valence-corrected chi connectivity index (χ3v) is 4.92. The lowest BCUT2D eigenvalue weighted by atomic mass is 9.94. The number of likely N-dealkylation sites (N-methyl/N-ethyl adjacent to an activating group) is 1. The van der Waals surface area contributed by atoms with Gasteiger partial charge in [0.25, 0.3) is 0 Å². The van der Waals surface area contributed by atoms with Crippen molar-refractivity contribution in [2.24, 2.45) is 0 Å². The van der Waals surface area contributed by atoms with Gasteiger partial charge in [-0.05, 0) is 44.7 Å². The van der Waals surface area contributed by atoms with Crippen LogP contribution in [0.2, 0.25) is 0 Å². The zero-order valence-corrected chi connectivity index (χ0v) is 17.5. The molecule has 1 fully saturated rings. The molecule has 1 aliphatic rings. The van der Waals surface area contributed by atoms with E-state index in [2.05, 4.69) is 11.8 Å². The van der Waals surface area contributed by atoms with Gasteiger partial charge in [-0.2, -0.15) is 0 Å². The number of nitrogens with zero attached hydrogens (tertiary/aromatic N) is 1. The number of rotatable bonds is 7. The first-order valence-electron chi connectivity index (χ1n) is 10.3. The zero-order valence-electron chi connectivity index (χ0n) is 17.5. The summed E-state index contributed by atoms with van der Waals surface area (Å²) in [5.74, 6) is 1.69. The average molecular weight is 392 g/mol. The van der Waals surface area contributed by atoms with Gasteiger partial charge in [0.15, 0.2) is 5.78 Å². The smallest absolute Gasteiger partial charge is 0.187 e. The fraction of sp³-hybridized carbons (Fsp3) is 0.320. The Labute approximate surface area is 173 Å². The molecule has 0 N–H and O–H groups in total. The van der Waals surface area contributed by atoms with Crippen molar-refractivity contribution in [3.63, 3.8) is 0 Å². The van der Waals surface area contributed by atoms with Crippen molar-refractivity contribution in [1.82, 2.24) is 4.90 Å². The van der Waals surface area contributed by atoms with Crippen LogP contribution in [-0.2, 0) is 4.79 Å². The van der Waals surface area contributed by atoms with E-state index in [9.17, 15) is 4.79 Å². The number of hydrogen-bond donors (Lipinski definition) is 0. The Kier molecular flexibility index (Phi) is 7.25. The molecule has 0 aliphatic carbocycles. The Hall–Kier alpha value is -2.85. The summed E-state index contributed by atoms with van der Waals surface area (Å²) in [5, 5.41) is 0. The molecule has 4 nitrogen and oxygen atoms in total. The summed E-state index contributed by atoms with van der Waals surface area (Å²) < 4.78 is 11.5. The van der Waals surface area contributed by atoms with Crippen molar-refractivity contribution in [3.8, 4) is 11.5 Å². The Balaban J connectivity index is 1.98. The molecule has 2 aromatic carbocycles. The lowest BCUT2D eigenvalue weighted by molar-refractivity contribution is -0.113. The summed E-state index contributed by atoms with van der Waals surface area (Å²) in [6.07, 6.45) is 3.94. The van der Waals surface area contributed by atoms with E-state index in [-0.39, 0.29) is 5.78 Å². The van der Waals surface area contributed by atoms with Crippen molar-refractivity contribution in [3.05, 3.63) is 70.8 Å². The number of hydrogen-bond acceptors (Lipinski definition) is 4. The minimum atomic E-state index is 0.0901. The quantitative estimate of drug-likeness (QED) is 0.632. The van der Waals surface area contributed by atoms with Crippen LogP contribution in [0.15, 0.2) is 59.7 Å². The van der Waals surface area contributed by atoms with Crippen molar-refractivity contribution in [2.45, 2.75) is 20.8 Å². The summed E-state index contributed by atoms with van der Waals surface area (Å²) in [6, 6.07) is 15.7. The van der Waals surface area contributed by atoms with E-state index in [1.807, 2.05) is 74.5 Å². The van der Waals surface area contributed by atoms with Crippen LogP contribution in [0.5, 0.6) is 11.5 Å². The molecule has 0 unspecified atom stereocenters. The molecule has 0 aromatic heterocycles. The van der Waals surface area contributed by atoms with Gasteiger partial charge in [0.05, 0.1) is 13.2 Å². The normalized spacial score (nSPS) is 17.7. The number of benzene rings is 2. The average Bonchev–Trinajstić information content (AvgIpc) is 2.74. The summed E-state index contributed by atoms with van der Waals surface area (Å²) in [7, 11) is 0. The molecule has 0 atom stereocenters. The van der Waals surface area contributed by atoms with Crippen LogP contribution in [0.4, 0.5) is 0 Å². The van der Waals surface area contributed by atoms with Crippen LogP contribution < -0.4 is 9.47 Å². The molecule has 29 heavy (non-hydrogen) atoms. The van der Waals surface area contributed by atoms with E-state index in [4.69, 9.17) is 9.47 Å². The minimum Gasteiger partial charge on any atom is -0.493 e. The first kappa shape index (κ1) is 20.9. The first-order chi connectivity index (χ1) is 14.2. The first-order valence-corrected chi connectivity index (χ1v) is 10.3. The largest absolute Gasteiger partial charge is 0.493 e. The van der Waals surface area contributed by atoms with E-state index in [1.165, 1.54) is 0 Å². The summed E-state index contributed by atoms with van der Waals surface area (Å²) in [6.45, 7) is 9.38. The van der Waals surface area contributed by atoms with Gasteiger partial charge in [0, 0.05) is 35.4 Å². The van der Waals surface area contributed by atoms with Gasteiger partial charge in [-0.3, -0.25) is 9.69 Å². The van der Waals surface area contributed by atoms with Crippen molar-refractivity contribution < 1.29 is 14.3 Å². The lowest BCUT2D eigenvalue weighted by Crippen LogP contribution is -2.37. The number of carbonyl (C=O) groups excluding carboxylic acids is 1. The second-order valence-corrected chi connectivity index (χ2v) is 6.91. The van der Waals surface area contributed by atoms with E-state index in [0.717, 1.165) is 40.3 Å². The van der Waals surface area contributed by atoms with Crippen LogP contribution in [0, 0.1) is 0 Å². The third kappa shape index (κ3) is 5.15. The molecule has 152 valence electrons. The fourth-order valence-corrected chi connectivity index (χ4v) is 3.48. The fourth-order valence-electron chi connectivity index (χ4n) is 3.48. The van der Waals surface area contributed by atoms with Gasteiger partial charge < -0.3 is 9.47 Å². The Morgan fingerprint density at radius 2 is 1.24 bits per heavy atom. The summed E-state index contributed by atoms with van der Waals surface area (Å²) in [4.78, 5) is 15.6. The highest BCUT2D eigenvalue weighted by atomic mass is 16.5. The third-order valence-electron chi connectivity index (χ3n) is 4.92. The molecule has 3 rings (SSSR count). The Bertz CT molecular complexity index is 842. The Morgan fingerprint density at radius 3 is 1.66 bits per heavy atom. The highest BCUT2D eigenvalue weighted by molar-refractivity contribution is 6.14. The van der Waals surface area contributed by atoms with Crippen LogP contribution in [0.25, 0.3) is 12.2 Å². The molecule has 0 spiro atoms. The molecular weight excluding hydrogens is 362 g/mol. The van der Waals surface area contributed by atoms with Crippen LogP contribution in [-0.4, -0.2) is 43.5 Å². The number of Topliss-reactive ketones (excluding diaryl/α,β-unsaturated/α-hetero) is 1. The predicted octanol–water partition coefficient (Wildman–Crippen LogP) is 4.86. The van der Waals surface area contributed by atoms with Crippen molar-refractivity contribution in [1.29, 1.82) is 0 Å². The maximum Gasteiger partial charge on any atom is 0.187 e. The molecule has 1 aliphatic heterocycles. The van der Waals surface area contributed by atoms with Gasteiger partial charge in [0.1, 0.15) is 11.5 Å². The number of ketones is 1. The molecule has 1 heterocycles. The SMILES string of the molecule is CCOc1ccccc1C=C1CN(CC)CC(=Cc2ccccc2OCC)C1=O. The second kappa shape index (κ2) is 10.1. The maximum absolute atomic E-state index is 13.3. The predicted molar refractivity (Wildman–Crippen MR) is 118 cm³/mol. The number of carbonyl (C=O) groups is 1. The highest BCUT2D eigenvalue weighted by Gasteiger charge is 2.25. The van der Waals surface area contributed by atoms with Gasteiger partial charge >= 0.3 is 0 Å². The van der Waals surface area contributed by atoms with E-state index in [1.54, 1.807) is 0 Å². The number of ether oxygens (including phenoxy) is 2. The lowest BCUT2D eigenvalue weighted by Gasteiger charge is -2.28. The van der Waals surface area contributed by atoms with Gasteiger partial charge in [-0.25, -0.2) is 0 Å². The molecule has 2 aromatic rings. The van der Waals surface area contributed by atoms with Crippen molar-refractivity contribution in [2.75, 3.05) is 32.8 Å². The molecule has 0 radical (unpaired) electrons. The van der Waals surface area contributed by atoms with Gasteiger partial charge in [-0.15, -0.1) is 0 Å². The van der Waals surface area contributed by atoms with E-state index < -0.39 is 0 Å². The van der Waals surface area contributed by atoms with Gasteiger partial charge in [-0.1, -0.05) is 43.3 Å². The molecule has 4 heteroatoms. The van der Waals surface area contributed by atoms with Gasteiger partial charge in [0.2, 0.25) is 0 Å². The van der Waals surface area contributed by atoms with Crippen LogP contribution in [0.1, 0.15) is 31.9 Å². The van der Waals surface area contributed by atoms with Crippen LogP contribution in [0.3, 0.4) is 0 Å². The van der Waals surface area contributed by atoms with Crippen molar-refractivity contribution >= 4 is 17.9 Å².